The number of piperidine rings is 1. The van der Waals surface area contributed by atoms with Gasteiger partial charge in [0.15, 0.2) is 0 Å². The quantitative estimate of drug-likeness (QED) is 0.696. The van der Waals surface area contributed by atoms with E-state index in [1.54, 1.807) is 17.0 Å². The molecule has 7 heteroatoms. The van der Waals surface area contributed by atoms with Crippen molar-refractivity contribution in [3.8, 4) is 0 Å². The number of likely N-dealkylation sites (tertiary alicyclic amines) is 1. The minimum absolute atomic E-state index is 0.0320. The van der Waals surface area contributed by atoms with Crippen LogP contribution >= 0.6 is 0 Å². The fourth-order valence-electron chi connectivity index (χ4n) is 3.76. The first kappa shape index (κ1) is 22.6. The molecule has 1 aliphatic rings. The van der Waals surface area contributed by atoms with Crippen molar-refractivity contribution in [3.63, 3.8) is 0 Å². The molecule has 1 fully saturated rings. The number of hydrogen-bond donors (Lipinski definition) is 2. The van der Waals surface area contributed by atoms with Crippen molar-refractivity contribution in [2.45, 2.75) is 32.2 Å². The van der Waals surface area contributed by atoms with Crippen LogP contribution in [0.15, 0.2) is 48.5 Å². The second-order valence-corrected chi connectivity index (χ2v) is 8.27. The van der Waals surface area contributed by atoms with Gasteiger partial charge in [-0.25, -0.2) is 9.18 Å². The van der Waals surface area contributed by atoms with Crippen LogP contribution in [-0.4, -0.2) is 44.0 Å². The molecule has 3 amide bonds. The van der Waals surface area contributed by atoms with E-state index in [9.17, 15) is 14.0 Å². The van der Waals surface area contributed by atoms with Crippen LogP contribution in [0.1, 0.15) is 31.2 Å². The zero-order valence-corrected chi connectivity index (χ0v) is 18.2. The first-order chi connectivity index (χ1) is 14.9. The fourth-order valence-corrected chi connectivity index (χ4v) is 3.76. The summed E-state index contributed by atoms with van der Waals surface area (Å²) in [6, 6.07) is 13.7. The van der Waals surface area contributed by atoms with Crippen LogP contribution in [0.3, 0.4) is 0 Å². The van der Waals surface area contributed by atoms with E-state index in [4.69, 9.17) is 0 Å². The van der Waals surface area contributed by atoms with Gasteiger partial charge in [-0.05, 0) is 67.1 Å². The zero-order chi connectivity index (χ0) is 22.2. The van der Waals surface area contributed by atoms with Gasteiger partial charge in [-0.1, -0.05) is 12.1 Å². The molecule has 0 bridgehead atoms. The minimum atomic E-state index is -0.333. The van der Waals surface area contributed by atoms with Crippen LogP contribution < -0.4 is 15.5 Å². The topological polar surface area (TPSA) is 64.7 Å². The SMILES string of the molecule is CN(C)c1ccc(CNC(=O)CC[C@@H]2CCCN(C(=O)Nc3ccc(F)cc3)C2)cc1. The Morgan fingerprint density at radius 3 is 2.48 bits per heavy atom. The van der Waals surface area contributed by atoms with Crippen molar-refractivity contribution in [2.75, 3.05) is 37.4 Å². The van der Waals surface area contributed by atoms with Crippen LogP contribution in [0.2, 0.25) is 0 Å². The Kier molecular flexibility index (Phi) is 7.87. The third-order valence-electron chi connectivity index (χ3n) is 5.62. The standard InChI is InChI=1S/C24H31FN4O2/c1-28(2)22-12-5-18(6-13-22)16-26-23(30)14-7-19-4-3-15-29(17-19)24(31)27-21-10-8-20(25)9-11-21/h5-6,8-13,19H,3-4,7,14-17H2,1-2H3,(H,26,30)(H,27,31)/t19-/m0/s1. The molecule has 0 aliphatic carbocycles. The van der Waals surface area contributed by atoms with Crippen LogP contribution in [0.5, 0.6) is 0 Å². The molecule has 6 nitrogen and oxygen atoms in total. The first-order valence-corrected chi connectivity index (χ1v) is 10.7. The second-order valence-electron chi connectivity index (χ2n) is 8.27. The van der Waals surface area contributed by atoms with Crippen molar-refractivity contribution in [3.05, 3.63) is 59.9 Å². The molecule has 0 aromatic heterocycles. The van der Waals surface area contributed by atoms with E-state index in [0.717, 1.165) is 30.5 Å². The summed E-state index contributed by atoms with van der Waals surface area (Å²) < 4.78 is 13.0. The minimum Gasteiger partial charge on any atom is -0.378 e. The summed E-state index contributed by atoms with van der Waals surface area (Å²) in [6.45, 7) is 1.84. The van der Waals surface area contributed by atoms with Gasteiger partial charge < -0.3 is 20.4 Å². The summed E-state index contributed by atoms with van der Waals surface area (Å²) in [7, 11) is 3.99. The molecular weight excluding hydrogens is 395 g/mol. The molecule has 0 radical (unpaired) electrons. The molecule has 1 atom stereocenters. The third-order valence-corrected chi connectivity index (χ3v) is 5.62. The number of carbonyl (C=O) groups excluding carboxylic acids is 2. The molecule has 1 aliphatic heterocycles. The van der Waals surface area contributed by atoms with Gasteiger partial charge in [0.05, 0.1) is 0 Å². The number of nitrogens with zero attached hydrogens (tertiary/aromatic N) is 2. The van der Waals surface area contributed by atoms with E-state index in [-0.39, 0.29) is 17.8 Å². The Bertz CT molecular complexity index is 868. The highest BCUT2D eigenvalue weighted by Gasteiger charge is 2.24. The number of halogens is 1. The van der Waals surface area contributed by atoms with Gasteiger partial charge in [-0.3, -0.25) is 4.79 Å². The fraction of sp³-hybridized carbons (Fsp3) is 0.417. The number of urea groups is 1. The third kappa shape index (κ3) is 6.98. The number of carbonyl (C=O) groups is 2. The molecule has 0 unspecified atom stereocenters. The molecule has 1 heterocycles. The number of amides is 3. The molecular formula is C24H31FN4O2. The molecule has 31 heavy (non-hydrogen) atoms. The summed E-state index contributed by atoms with van der Waals surface area (Å²) in [5.41, 5.74) is 2.77. The van der Waals surface area contributed by atoms with Gasteiger partial charge in [-0.2, -0.15) is 0 Å². The number of hydrogen-bond acceptors (Lipinski definition) is 3. The Morgan fingerprint density at radius 2 is 1.81 bits per heavy atom. The molecule has 166 valence electrons. The number of nitrogens with one attached hydrogen (secondary N) is 2. The Labute approximate surface area is 183 Å². The number of rotatable bonds is 7. The van der Waals surface area contributed by atoms with E-state index < -0.39 is 0 Å². The lowest BCUT2D eigenvalue weighted by Crippen LogP contribution is -2.42. The summed E-state index contributed by atoms with van der Waals surface area (Å²) in [6.07, 6.45) is 3.14. The number of anilines is 2. The maximum Gasteiger partial charge on any atom is 0.321 e. The lowest BCUT2D eigenvalue weighted by atomic mass is 9.93. The van der Waals surface area contributed by atoms with Gasteiger partial charge in [0.25, 0.3) is 0 Å². The van der Waals surface area contributed by atoms with Crippen molar-refractivity contribution >= 4 is 23.3 Å². The molecule has 0 spiro atoms. The average Bonchev–Trinajstić information content (AvgIpc) is 2.78. The molecule has 2 aromatic rings. The lowest BCUT2D eigenvalue weighted by Gasteiger charge is -2.32. The summed E-state index contributed by atoms with van der Waals surface area (Å²) in [4.78, 5) is 28.6. The van der Waals surface area contributed by atoms with Crippen LogP contribution in [0, 0.1) is 11.7 Å². The Balaban J connectivity index is 1.40. The van der Waals surface area contributed by atoms with Crippen LogP contribution in [0.25, 0.3) is 0 Å². The molecule has 3 rings (SSSR count). The monoisotopic (exact) mass is 426 g/mol. The molecule has 0 saturated carbocycles. The summed E-state index contributed by atoms with van der Waals surface area (Å²) in [5.74, 6) is 0.00214. The van der Waals surface area contributed by atoms with E-state index in [0.29, 0.717) is 37.7 Å². The first-order valence-electron chi connectivity index (χ1n) is 10.7. The molecule has 1 saturated heterocycles. The highest BCUT2D eigenvalue weighted by molar-refractivity contribution is 5.89. The highest BCUT2D eigenvalue weighted by Crippen LogP contribution is 2.22. The predicted molar refractivity (Wildman–Crippen MR) is 122 cm³/mol. The lowest BCUT2D eigenvalue weighted by molar-refractivity contribution is -0.121. The van der Waals surface area contributed by atoms with Gasteiger partial charge in [0.1, 0.15) is 5.82 Å². The highest BCUT2D eigenvalue weighted by atomic mass is 19.1. The average molecular weight is 427 g/mol. The van der Waals surface area contributed by atoms with Crippen molar-refractivity contribution in [2.24, 2.45) is 5.92 Å². The van der Waals surface area contributed by atoms with E-state index in [1.165, 1.54) is 12.1 Å². The van der Waals surface area contributed by atoms with Gasteiger partial charge in [0, 0.05) is 51.5 Å². The summed E-state index contributed by atoms with van der Waals surface area (Å²) in [5, 5.41) is 5.79. The smallest absolute Gasteiger partial charge is 0.321 e. The van der Waals surface area contributed by atoms with E-state index in [1.807, 2.05) is 43.3 Å². The van der Waals surface area contributed by atoms with E-state index in [2.05, 4.69) is 10.6 Å². The van der Waals surface area contributed by atoms with E-state index >= 15 is 0 Å². The van der Waals surface area contributed by atoms with Gasteiger partial charge in [0.2, 0.25) is 5.91 Å². The largest absolute Gasteiger partial charge is 0.378 e. The van der Waals surface area contributed by atoms with Crippen LogP contribution in [-0.2, 0) is 11.3 Å². The van der Waals surface area contributed by atoms with Crippen molar-refractivity contribution in [1.82, 2.24) is 10.2 Å². The normalized spacial score (nSPS) is 16.0. The van der Waals surface area contributed by atoms with Crippen molar-refractivity contribution in [1.29, 1.82) is 0 Å². The predicted octanol–water partition coefficient (Wildman–Crippen LogP) is 4.23. The molecule has 2 aromatic carbocycles. The maximum absolute atomic E-state index is 13.0. The summed E-state index contributed by atoms with van der Waals surface area (Å²) >= 11 is 0. The Morgan fingerprint density at radius 1 is 1.10 bits per heavy atom. The van der Waals surface area contributed by atoms with Crippen LogP contribution in [0.4, 0.5) is 20.6 Å². The van der Waals surface area contributed by atoms with Gasteiger partial charge in [-0.15, -0.1) is 0 Å². The zero-order valence-electron chi connectivity index (χ0n) is 18.2. The Hall–Kier alpha value is -3.09. The maximum atomic E-state index is 13.0. The molecule has 2 N–H and O–H groups in total. The van der Waals surface area contributed by atoms with Gasteiger partial charge >= 0.3 is 6.03 Å². The second kappa shape index (κ2) is 10.8. The van der Waals surface area contributed by atoms with Crippen molar-refractivity contribution < 1.29 is 14.0 Å². The number of benzene rings is 2.